The molecule has 174 valence electrons. The van der Waals surface area contributed by atoms with Crippen LogP contribution in [0.5, 0.6) is 0 Å². The van der Waals surface area contributed by atoms with Crippen LogP contribution in [0.25, 0.3) is 0 Å². The van der Waals surface area contributed by atoms with Crippen LogP contribution in [0.2, 0.25) is 0 Å². The van der Waals surface area contributed by atoms with Crippen LogP contribution in [0.1, 0.15) is 54.3 Å². The Kier molecular flexibility index (Phi) is 7.66. The molecule has 2 saturated heterocycles. The highest BCUT2D eigenvalue weighted by Gasteiger charge is 2.31. The number of thiophene rings is 1. The van der Waals surface area contributed by atoms with Crippen molar-refractivity contribution >= 4 is 27.3 Å². The van der Waals surface area contributed by atoms with Gasteiger partial charge in [-0.2, -0.15) is 4.31 Å². The van der Waals surface area contributed by atoms with Gasteiger partial charge in [-0.1, -0.05) is 18.6 Å². The van der Waals surface area contributed by atoms with Crippen molar-refractivity contribution in [3.63, 3.8) is 0 Å². The average molecular weight is 476 g/mol. The first-order chi connectivity index (χ1) is 15.4. The summed E-state index contributed by atoms with van der Waals surface area (Å²) >= 11 is 1.78. The summed E-state index contributed by atoms with van der Waals surface area (Å²) in [6.45, 7) is 6.15. The molecule has 1 amide bonds. The fourth-order valence-electron chi connectivity index (χ4n) is 4.79. The van der Waals surface area contributed by atoms with E-state index in [0.29, 0.717) is 24.6 Å². The Bertz CT molecular complexity index is 1010. The van der Waals surface area contributed by atoms with Gasteiger partial charge in [0, 0.05) is 42.7 Å². The van der Waals surface area contributed by atoms with Gasteiger partial charge in [0.1, 0.15) is 0 Å². The zero-order valence-corrected chi connectivity index (χ0v) is 20.3. The summed E-state index contributed by atoms with van der Waals surface area (Å²) in [6.07, 6.45) is 5.05. The molecule has 0 aliphatic carbocycles. The monoisotopic (exact) mass is 475 g/mol. The molecule has 2 fully saturated rings. The van der Waals surface area contributed by atoms with Crippen molar-refractivity contribution in [3.05, 3.63) is 52.2 Å². The molecule has 2 aliphatic heterocycles. The SMILES string of the molecule is CC1CCCCN1S(=O)(=O)c1cccc(C(=O)NCC2CCCN(Cc3cccs3)C2)c1. The number of carbonyl (C=O) groups is 1. The number of likely N-dealkylation sites (tertiary alicyclic amines) is 1. The molecular weight excluding hydrogens is 442 g/mol. The second kappa shape index (κ2) is 10.5. The normalized spacial score (nSPS) is 23.2. The van der Waals surface area contributed by atoms with Gasteiger partial charge in [-0.25, -0.2) is 8.42 Å². The van der Waals surface area contributed by atoms with E-state index >= 15 is 0 Å². The number of hydrogen-bond acceptors (Lipinski definition) is 5. The minimum absolute atomic E-state index is 0.00495. The van der Waals surface area contributed by atoms with Crippen LogP contribution >= 0.6 is 11.3 Å². The van der Waals surface area contributed by atoms with Gasteiger partial charge in [0.25, 0.3) is 5.91 Å². The molecule has 1 aromatic carbocycles. The summed E-state index contributed by atoms with van der Waals surface area (Å²) in [5.74, 6) is 0.206. The zero-order chi connectivity index (χ0) is 22.6. The van der Waals surface area contributed by atoms with E-state index < -0.39 is 10.0 Å². The van der Waals surface area contributed by atoms with Crippen LogP contribution in [0.3, 0.4) is 0 Å². The van der Waals surface area contributed by atoms with E-state index in [9.17, 15) is 13.2 Å². The Morgan fingerprint density at radius 2 is 2.00 bits per heavy atom. The van der Waals surface area contributed by atoms with E-state index in [2.05, 4.69) is 27.7 Å². The van der Waals surface area contributed by atoms with Gasteiger partial charge in [0.05, 0.1) is 4.90 Å². The van der Waals surface area contributed by atoms with E-state index in [-0.39, 0.29) is 16.8 Å². The molecule has 2 unspecified atom stereocenters. The first kappa shape index (κ1) is 23.4. The largest absolute Gasteiger partial charge is 0.352 e. The van der Waals surface area contributed by atoms with Gasteiger partial charge in [0.15, 0.2) is 0 Å². The van der Waals surface area contributed by atoms with Gasteiger partial charge in [-0.05, 0) is 74.7 Å². The number of nitrogens with one attached hydrogen (secondary N) is 1. The molecule has 0 saturated carbocycles. The van der Waals surface area contributed by atoms with Crippen LogP contribution < -0.4 is 5.32 Å². The van der Waals surface area contributed by atoms with Gasteiger partial charge >= 0.3 is 0 Å². The number of sulfonamides is 1. The summed E-state index contributed by atoms with van der Waals surface area (Å²) in [4.78, 5) is 16.8. The smallest absolute Gasteiger partial charge is 0.251 e. The lowest BCUT2D eigenvalue weighted by Gasteiger charge is -2.32. The maximum absolute atomic E-state index is 13.1. The number of nitrogens with zero attached hydrogens (tertiary/aromatic N) is 2. The van der Waals surface area contributed by atoms with E-state index in [1.54, 1.807) is 33.8 Å². The second-order valence-electron chi connectivity index (χ2n) is 9.02. The molecule has 0 bridgehead atoms. The summed E-state index contributed by atoms with van der Waals surface area (Å²) in [5.41, 5.74) is 0.405. The fourth-order valence-corrected chi connectivity index (χ4v) is 7.28. The molecule has 2 aliphatic rings. The second-order valence-corrected chi connectivity index (χ2v) is 11.9. The van der Waals surface area contributed by atoms with Crippen LogP contribution in [0, 0.1) is 5.92 Å². The molecule has 32 heavy (non-hydrogen) atoms. The van der Waals surface area contributed by atoms with E-state index in [1.807, 2.05) is 6.92 Å². The molecule has 8 heteroatoms. The third-order valence-electron chi connectivity index (χ3n) is 6.56. The number of piperidine rings is 2. The Morgan fingerprint density at radius 1 is 1.12 bits per heavy atom. The maximum atomic E-state index is 13.1. The van der Waals surface area contributed by atoms with Crippen molar-refractivity contribution in [1.82, 2.24) is 14.5 Å². The fraction of sp³-hybridized carbons (Fsp3) is 0.542. The van der Waals surface area contributed by atoms with Crippen molar-refractivity contribution in [2.75, 3.05) is 26.2 Å². The molecule has 2 atom stereocenters. The van der Waals surface area contributed by atoms with E-state index in [4.69, 9.17) is 0 Å². The topological polar surface area (TPSA) is 69.7 Å². The summed E-state index contributed by atoms with van der Waals surface area (Å²) in [7, 11) is -3.59. The lowest BCUT2D eigenvalue weighted by atomic mass is 9.98. The molecule has 6 nitrogen and oxygen atoms in total. The third kappa shape index (κ3) is 5.60. The molecule has 1 N–H and O–H groups in total. The molecule has 3 heterocycles. The van der Waals surface area contributed by atoms with Crippen molar-refractivity contribution in [2.24, 2.45) is 5.92 Å². The number of carbonyl (C=O) groups excluding carboxylic acids is 1. The predicted octanol–water partition coefficient (Wildman–Crippen LogP) is 3.95. The highest BCUT2D eigenvalue weighted by molar-refractivity contribution is 7.89. The molecule has 4 rings (SSSR count). The minimum atomic E-state index is -3.59. The van der Waals surface area contributed by atoms with Gasteiger partial charge in [-0.3, -0.25) is 9.69 Å². The first-order valence-corrected chi connectivity index (χ1v) is 13.9. The van der Waals surface area contributed by atoms with Crippen molar-refractivity contribution in [3.8, 4) is 0 Å². The number of rotatable bonds is 7. The van der Waals surface area contributed by atoms with Crippen molar-refractivity contribution < 1.29 is 13.2 Å². The lowest BCUT2D eigenvalue weighted by molar-refractivity contribution is 0.0930. The van der Waals surface area contributed by atoms with Gasteiger partial charge in [0.2, 0.25) is 10.0 Å². The van der Waals surface area contributed by atoms with E-state index in [1.165, 1.54) is 10.9 Å². The molecule has 0 spiro atoms. The Hall–Kier alpha value is -1.74. The van der Waals surface area contributed by atoms with E-state index in [0.717, 1.165) is 51.7 Å². The first-order valence-electron chi connectivity index (χ1n) is 11.6. The van der Waals surface area contributed by atoms with Crippen LogP contribution in [0.4, 0.5) is 0 Å². The average Bonchev–Trinajstić information content (AvgIpc) is 3.31. The zero-order valence-electron chi connectivity index (χ0n) is 18.7. The number of amides is 1. The summed E-state index contributed by atoms with van der Waals surface area (Å²) < 4.78 is 27.8. The van der Waals surface area contributed by atoms with Crippen LogP contribution in [-0.4, -0.2) is 55.8 Å². The standard InChI is InChI=1S/C24H33N3O3S2/c1-19-7-2-3-13-27(19)32(29,30)23-11-4-9-21(15-23)24(28)25-16-20-8-5-12-26(17-20)18-22-10-6-14-31-22/h4,6,9-11,14-15,19-20H,2-3,5,7-8,12-13,16-18H2,1H3,(H,25,28). The van der Waals surface area contributed by atoms with Crippen LogP contribution in [-0.2, 0) is 16.6 Å². The Labute approximate surface area is 195 Å². The Balaban J connectivity index is 1.35. The highest BCUT2D eigenvalue weighted by atomic mass is 32.2. The van der Waals surface area contributed by atoms with Crippen LogP contribution in [0.15, 0.2) is 46.7 Å². The Morgan fingerprint density at radius 3 is 2.78 bits per heavy atom. The third-order valence-corrected chi connectivity index (χ3v) is 9.43. The number of hydrogen-bond donors (Lipinski definition) is 1. The van der Waals surface area contributed by atoms with Crippen molar-refractivity contribution in [1.29, 1.82) is 0 Å². The molecular formula is C24H33N3O3S2. The van der Waals surface area contributed by atoms with Crippen molar-refractivity contribution in [2.45, 2.75) is 56.5 Å². The number of benzene rings is 1. The quantitative estimate of drug-likeness (QED) is 0.658. The molecule has 1 aromatic heterocycles. The minimum Gasteiger partial charge on any atom is -0.352 e. The summed E-state index contributed by atoms with van der Waals surface area (Å²) in [5, 5.41) is 5.15. The van der Waals surface area contributed by atoms with Gasteiger partial charge < -0.3 is 5.32 Å². The lowest BCUT2D eigenvalue weighted by Crippen LogP contribution is -2.42. The van der Waals surface area contributed by atoms with Gasteiger partial charge in [-0.15, -0.1) is 11.3 Å². The highest BCUT2D eigenvalue weighted by Crippen LogP contribution is 2.26. The summed E-state index contributed by atoms with van der Waals surface area (Å²) in [6, 6.07) is 10.7. The maximum Gasteiger partial charge on any atom is 0.251 e. The molecule has 2 aromatic rings. The predicted molar refractivity (Wildman–Crippen MR) is 128 cm³/mol. The molecule has 0 radical (unpaired) electrons.